The van der Waals surface area contributed by atoms with Crippen molar-refractivity contribution in [1.29, 1.82) is 0 Å². The third kappa shape index (κ3) is 4.07. The highest BCUT2D eigenvalue weighted by Crippen LogP contribution is 2.38. The summed E-state index contributed by atoms with van der Waals surface area (Å²) in [6, 6.07) is 5.60. The fourth-order valence-electron chi connectivity index (χ4n) is 3.02. The van der Waals surface area contributed by atoms with Gasteiger partial charge in [0.15, 0.2) is 0 Å². The number of benzene rings is 1. The van der Waals surface area contributed by atoms with Crippen LogP contribution in [0.1, 0.15) is 31.4 Å². The fourth-order valence-corrected chi connectivity index (χ4v) is 3.02. The van der Waals surface area contributed by atoms with Crippen LogP contribution in [-0.4, -0.2) is 51.5 Å². The molecule has 1 aliphatic heterocycles. The first-order valence-electron chi connectivity index (χ1n) is 7.88. The van der Waals surface area contributed by atoms with E-state index in [0.717, 1.165) is 36.4 Å². The molecule has 0 aromatic heterocycles. The Morgan fingerprint density at radius 2 is 2.13 bits per heavy atom. The first kappa shape index (κ1) is 17.4. The van der Waals surface area contributed by atoms with Gasteiger partial charge in [-0.2, -0.15) is 0 Å². The number of nitrogens with zero attached hydrogens (tertiary/aromatic N) is 1. The Morgan fingerprint density at radius 3 is 2.78 bits per heavy atom. The van der Waals surface area contributed by atoms with Gasteiger partial charge in [0, 0.05) is 19.2 Å². The summed E-state index contributed by atoms with van der Waals surface area (Å²) >= 11 is 0. The van der Waals surface area contributed by atoms with Crippen LogP contribution in [0.2, 0.25) is 0 Å². The largest absolute Gasteiger partial charge is 0.497 e. The zero-order valence-electron chi connectivity index (χ0n) is 14.3. The lowest BCUT2D eigenvalue weighted by Crippen LogP contribution is -2.45. The van der Waals surface area contributed by atoms with E-state index in [1.54, 1.807) is 21.3 Å². The Balaban J connectivity index is 2.19. The summed E-state index contributed by atoms with van der Waals surface area (Å²) < 4.78 is 15.9. The molecule has 23 heavy (non-hydrogen) atoms. The minimum Gasteiger partial charge on any atom is -0.497 e. The lowest BCUT2D eigenvalue weighted by atomic mass is 10.0. The average Bonchev–Trinajstić information content (AvgIpc) is 3.03. The molecule has 0 bridgehead atoms. The highest BCUT2D eigenvalue weighted by atomic mass is 16.5. The summed E-state index contributed by atoms with van der Waals surface area (Å²) in [6.07, 6.45) is 1.88. The number of carbonyl (C=O) groups is 1. The molecule has 0 spiro atoms. The predicted octanol–water partition coefficient (Wildman–Crippen LogP) is 2.59. The zero-order valence-corrected chi connectivity index (χ0v) is 14.3. The Morgan fingerprint density at radius 1 is 1.35 bits per heavy atom. The molecule has 0 unspecified atom stereocenters. The van der Waals surface area contributed by atoms with Gasteiger partial charge in [0.05, 0.1) is 32.9 Å². The van der Waals surface area contributed by atoms with Gasteiger partial charge in [-0.3, -0.25) is 0 Å². The molecule has 0 radical (unpaired) electrons. The molecule has 1 saturated heterocycles. The van der Waals surface area contributed by atoms with Crippen molar-refractivity contribution in [2.24, 2.45) is 0 Å². The summed E-state index contributed by atoms with van der Waals surface area (Å²) in [6.45, 7) is 3.15. The number of amides is 2. The number of ether oxygens (including phenoxy) is 3. The van der Waals surface area contributed by atoms with E-state index in [0.29, 0.717) is 6.61 Å². The smallest absolute Gasteiger partial charge is 0.318 e. The van der Waals surface area contributed by atoms with Crippen molar-refractivity contribution in [2.75, 3.05) is 34.5 Å². The summed E-state index contributed by atoms with van der Waals surface area (Å²) in [4.78, 5) is 14.4. The molecular weight excluding hydrogens is 296 g/mol. The predicted molar refractivity (Wildman–Crippen MR) is 88.1 cm³/mol. The second-order valence-corrected chi connectivity index (χ2v) is 5.77. The Kier molecular flexibility index (Phi) is 6.10. The quantitative estimate of drug-likeness (QED) is 0.874. The third-order valence-corrected chi connectivity index (χ3v) is 4.10. The van der Waals surface area contributed by atoms with Crippen molar-refractivity contribution < 1.29 is 19.0 Å². The number of urea groups is 1. The first-order chi connectivity index (χ1) is 11.1. The molecule has 2 rings (SSSR count). The molecule has 2 amide bonds. The number of carbonyl (C=O) groups excluding carboxylic acids is 1. The van der Waals surface area contributed by atoms with E-state index in [-0.39, 0.29) is 18.1 Å². The Bertz CT molecular complexity index is 535. The van der Waals surface area contributed by atoms with E-state index in [9.17, 15) is 4.79 Å². The monoisotopic (exact) mass is 322 g/mol. The van der Waals surface area contributed by atoms with Crippen LogP contribution in [0.15, 0.2) is 18.2 Å². The van der Waals surface area contributed by atoms with Gasteiger partial charge in [0.1, 0.15) is 11.5 Å². The van der Waals surface area contributed by atoms with Gasteiger partial charge in [0.2, 0.25) is 0 Å². The SMILES string of the molecule is COC[C@@H](C)NC(=O)N1CCC[C@@H]1c1cc(OC)ccc1OC. The first-order valence-corrected chi connectivity index (χ1v) is 7.88. The van der Waals surface area contributed by atoms with Gasteiger partial charge in [-0.15, -0.1) is 0 Å². The van der Waals surface area contributed by atoms with Crippen LogP contribution in [0.4, 0.5) is 4.79 Å². The lowest BCUT2D eigenvalue weighted by Gasteiger charge is -2.28. The second-order valence-electron chi connectivity index (χ2n) is 5.77. The van der Waals surface area contributed by atoms with E-state index in [4.69, 9.17) is 14.2 Å². The standard InChI is InChI=1S/C17H26N2O4/c1-12(11-21-2)18-17(20)19-9-5-6-15(19)14-10-13(22-3)7-8-16(14)23-4/h7-8,10,12,15H,5-6,9,11H2,1-4H3,(H,18,20)/t12-,15-/m1/s1. The van der Waals surface area contributed by atoms with Crippen LogP contribution in [0.3, 0.4) is 0 Å². The Hall–Kier alpha value is -1.95. The minimum atomic E-state index is -0.0677. The van der Waals surface area contributed by atoms with Crippen LogP contribution < -0.4 is 14.8 Å². The molecule has 128 valence electrons. The molecule has 1 heterocycles. The molecule has 0 saturated carbocycles. The van der Waals surface area contributed by atoms with Crippen molar-refractivity contribution >= 4 is 6.03 Å². The number of hydrogen-bond donors (Lipinski definition) is 1. The van der Waals surface area contributed by atoms with E-state index in [1.807, 2.05) is 30.0 Å². The molecule has 6 nitrogen and oxygen atoms in total. The maximum atomic E-state index is 12.6. The minimum absolute atomic E-state index is 0.00482. The number of hydrogen-bond acceptors (Lipinski definition) is 4. The molecule has 2 atom stereocenters. The zero-order chi connectivity index (χ0) is 16.8. The maximum Gasteiger partial charge on any atom is 0.318 e. The number of likely N-dealkylation sites (tertiary alicyclic amines) is 1. The number of rotatable bonds is 6. The highest BCUT2D eigenvalue weighted by molar-refractivity contribution is 5.75. The molecule has 1 fully saturated rings. The molecule has 6 heteroatoms. The van der Waals surface area contributed by atoms with Crippen LogP contribution in [0, 0.1) is 0 Å². The molecule has 1 aromatic rings. The van der Waals surface area contributed by atoms with Crippen molar-refractivity contribution in [3.63, 3.8) is 0 Å². The Labute approximate surface area is 137 Å². The van der Waals surface area contributed by atoms with E-state index in [1.165, 1.54) is 0 Å². The van der Waals surface area contributed by atoms with Crippen LogP contribution in [-0.2, 0) is 4.74 Å². The van der Waals surface area contributed by atoms with Crippen LogP contribution >= 0.6 is 0 Å². The lowest BCUT2D eigenvalue weighted by molar-refractivity contribution is 0.157. The molecule has 0 aliphatic carbocycles. The second kappa shape index (κ2) is 8.06. The highest BCUT2D eigenvalue weighted by Gasteiger charge is 2.32. The van der Waals surface area contributed by atoms with Gasteiger partial charge in [-0.25, -0.2) is 4.79 Å². The molecular formula is C17H26N2O4. The maximum absolute atomic E-state index is 12.6. The van der Waals surface area contributed by atoms with E-state index in [2.05, 4.69) is 5.32 Å². The van der Waals surface area contributed by atoms with E-state index >= 15 is 0 Å². The van der Waals surface area contributed by atoms with E-state index < -0.39 is 0 Å². The number of nitrogens with one attached hydrogen (secondary N) is 1. The van der Waals surface area contributed by atoms with Crippen molar-refractivity contribution in [1.82, 2.24) is 10.2 Å². The third-order valence-electron chi connectivity index (χ3n) is 4.10. The van der Waals surface area contributed by atoms with Crippen molar-refractivity contribution in [3.05, 3.63) is 23.8 Å². The van der Waals surface area contributed by atoms with Crippen molar-refractivity contribution in [2.45, 2.75) is 31.8 Å². The number of methoxy groups -OCH3 is 3. The van der Waals surface area contributed by atoms with Gasteiger partial charge >= 0.3 is 6.03 Å². The van der Waals surface area contributed by atoms with Gasteiger partial charge in [-0.05, 0) is 38.0 Å². The summed E-state index contributed by atoms with van der Waals surface area (Å²) in [5.41, 5.74) is 0.985. The van der Waals surface area contributed by atoms with Crippen LogP contribution in [0.25, 0.3) is 0 Å². The summed E-state index contributed by atoms with van der Waals surface area (Å²) in [5, 5.41) is 2.98. The molecule has 1 N–H and O–H groups in total. The molecule has 1 aliphatic rings. The van der Waals surface area contributed by atoms with Crippen LogP contribution in [0.5, 0.6) is 11.5 Å². The normalized spacial score (nSPS) is 18.6. The van der Waals surface area contributed by atoms with Gasteiger partial charge in [-0.1, -0.05) is 0 Å². The summed E-state index contributed by atoms with van der Waals surface area (Å²) in [7, 11) is 4.91. The van der Waals surface area contributed by atoms with Gasteiger partial charge in [0.25, 0.3) is 0 Å². The fraction of sp³-hybridized carbons (Fsp3) is 0.588. The summed E-state index contributed by atoms with van der Waals surface area (Å²) in [5.74, 6) is 1.54. The van der Waals surface area contributed by atoms with Crippen molar-refractivity contribution in [3.8, 4) is 11.5 Å². The average molecular weight is 322 g/mol. The molecule has 1 aromatic carbocycles. The van der Waals surface area contributed by atoms with Gasteiger partial charge < -0.3 is 24.4 Å². The topological polar surface area (TPSA) is 60.0 Å².